The lowest BCUT2D eigenvalue weighted by molar-refractivity contribution is -0.137. The Kier molecular flexibility index (Phi) is 5.26. The third-order valence-corrected chi connectivity index (χ3v) is 5.08. The van der Waals surface area contributed by atoms with E-state index < -0.39 is 11.7 Å². The van der Waals surface area contributed by atoms with E-state index in [1.54, 1.807) is 0 Å². The lowest BCUT2D eigenvalue weighted by Gasteiger charge is -2.09. The number of alkyl halides is 3. The van der Waals surface area contributed by atoms with Crippen LogP contribution in [-0.4, -0.2) is 20.4 Å². The van der Waals surface area contributed by atoms with Crippen molar-refractivity contribution >= 4 is 27.8 Å². The first-order valence-corrected chi connectivity index (χ1v) is 9.63. The fraction of sp³-hybridized carbons (Fsp3) is 0.227. The summed E-state index contributed by atoms with van der Waals surface area (Å²) in [5, 5.41) is 3.52. The first kappa shape index (κ1) is 20.6. The molecule has 9 heteroatoms. The summed E-state index contributed by atoms with van der Waals surface area (Å²) in [5.41, 5.74) is 2.39. The maximum absolute atomic E-state index is 12.8. The summed E-state index contributed by atoms with van der Waals surface area (Å²) >= 11 is 0. The molecule has 2 aromatic carbocycles. The van der Waals surface area contributed by atoms with Gasteiger partial charge in [-0.1, -0.05) is 23.8 Å². The van der Waals surface area contributed by atoms with Crippen LogP contribution in [0.4, 0.5) is 13.2 Å². The lowest BCUT2D eigenvalue weighted by atomic mass is 10.1. The zero-order chi connectivity index (χ0) is 22.2. The summed E-state index contributed by atoms with van der Waals surface area (Å²) < 4.78 is 39.2. The van der Waals surface area contributed by atoms with Crippen molar-refractivity contribution in [2.24, 2.45) is 0 Å². The Morgan fingerprint density at radius 1 is 1.16 bits per heavy atom. The summed E-state index contributed by atoms with van der Waals surface area (Å²) in [5.74, 6) is -0.320. The van der Waals surface area contributed by atoms with E-state index >= 15 is 0 Å². The number of carbonyl (C=O) groups is 1. The Bertz CT molecular complexity index is 1320. The largest absolute Gasteiger partial charge is 0.416 e. The van der Waals surface area contributed by atoms with Gasteiger partial charge in [0.1, 0.15) is 11.0 Å². The lowest BCUT2D eigenvalue weighted by Crippen LogP contribution is -2.27. The van der Waals surface area contributed by atoms with Crippen LogP contribution >= 0.6 is 0 Å². The highest BCUT2D eigenvalue weighted by Crippen LogP contribution is 2.29. The number of amides is 1. The second kappa shape index (κ2) is 7.90. The van der Waals surface area contributed by atoms with E-state index in [9.17, 15) is 22.8 Å². The monoisotopic (exact) mass is 428 g/mol. The topological polar surface area (TPSA) is 79.8 Å². The van der Waals surface area contributed by atoms with Crippen molar-refractivity contribution in [3.05, 3.63) is 75.8 Å². The van der Waals surface area contributed by atoms with Gasteiger partial charge in [0.2, 0.25) is 5.91 Å². The number of carbonyl (C=O) groups excluding carboxylic acids is 1. The van der Waals surface area contributed by atoms with E-state index in [4.69, 9.17) is 0 Å². The van der Waals surface area contributed by atoms with E-state index in [0.29, 0.717) is 16.6 Å². The average molecular weight is 428 g/mol. The highest BCUT2D eigenvalue weighted by atomic mass is 19.4. The Labute approximate surface area is 174 Å². The molecule has 4 rings (SSSR count). The number of hydrogen-bond donors (Lipinski definition) is 2. The van der Waals surface area contributed by atoms with Crippen LogP contribution in [-0.2, 0) is 24.1 Å². The van der Waals surface area contributed by atoms with E-state index in [2.05, 4.69) is 15.3 Å². The fourth-order valence-corrected chi connectivity index (χ4v) is 3.39. The molecule has 0 aliphatic rings. The average Bonchev–Trinajstić information content (AvgIpc) is 3.10. The number of H-pyrrole nitrogens is 1. The molecule has 1 amide bonds. The third kappa shape index (κ3) is 4.30. The summed E-state index contributed by atoms with van der Waals surface area (Å²) in [4.78, 5) is 32.4. The van der Waals surface area contributed by atoms with Gasteiger partial charge in [-0.05, 0) is 36.8 Å². The first-order chi connectivity index (χ1) is 14.7. The van der Waals surface area contributed by atoms with Gasteiger partial charge in [-0.3, -0.25) is 14.2 Å². The Morgan fingerprint density at radius 3 is 2.61 bits per heavy atom. The first-order valence-electron chi connectivity index (χ1n) is 9.63. The van der Waals surface area contributed by atoms with Gasteiger partial charge in [-0.2, -0.15) is 13.2 Å². The second-order valence-corrected chi connectivity index (χ2v) is 7.36. The molecule has 0 saturated carbocycles. The molecule has 2 N–H and O–H groups in total. The molecule has 160 valence electrons. The van der Waals surface area contributed by atoms with Crippen LogP contribution in [0.15, 0.2) is 53.6 Å². The van der Waals surface area contributed by atoms with Gasteiger partial charge in [-0.25, -0.2) is 4.98 Å². The second-order valence-electron chi connectivity index (χ2n) is 7.36. The Hall–Kier alpha value is -3.62. The van der Waals surface area contributed by atoms with Crippen molar-refractivity contribution in [2.45, 2.75) is 32.6 Å². The minimum atomic E-state index is -4.39. The number of aryl methyl sites for hydroxylation is 2. The molecular weight excluding hydrogens is 409 g/mol. The number of halogens is 3. The molecule has 2 aromatic heterocycles. The number of nitrogens with zero attached hydrogens (tertiary/aromatic N) is 2. The van der Waals surface area contributed by atoms with Crippen molar-refractivity contribution in [3.8, 4) is 0 Å². The van der Waals surface area contributed by atoms with E-state index in [1.807, 2.05) is 25.1 Å². The number of aromatic amines is 1. The van der Waals surface area contributed by atoms with Gasteiger partial charge < -0.3 is 10.3 Å². The minimum absolute atomic E-state index is 0.0348. The van der Waals surface area contributed by atoms with Crippen molar-refractivity contribution in [1.82, 2.24) is 19.9 Å². The van der Waals surface area contributed by atoms with E-state index in [1.165, 1.54) is 23.0 Å². The third-order valence-electron chi connectivity index (χ3n) is 5.08. The van der Waals surface area contributed by atoms with Gasteiger partial charge in [0.25, 0.3) is 5.56 Å². The summed E-state index contributed by atoms with van der Waals surface area (Å²) in [6.07, 6.45) is -2.94. The molecule has 0 spiro atoms. The van der Waals surface area contributed by atoms with Crippen molar-refractivity contribution < 1.29 is 18.0 Å². The summed E-state index contributed by atoms with van der Waals surface area (Å²) in [6, 6.07) is 10.4. The van der Waals surface area contributed by atoms with Crippen LogP contribution in [0, 0.1) is 6.92 Å². The van der Waals surface area contributed by atoms with Crippen LogP contribution in [0.5, 0.6) is 0 Å². The Balaban J connectivity index is 1.40. The molecule has 2 heterocycles. The van der Waals surface area contributed by atoms with Crippen LogP contribution < -0.4 is 10.9 Å². The molecule has 0 atom stereocenters. The molecule has 6 nitrogen and oxygen atoms in total. The van der Waals surface area contributed by atoms with Crippen molar-refractivity contribution in [3.63, 3.8) is 0 Å². The van der Waals surface area contributed by atoms with Crippen LogP contribution in [0.3, 0.4) is 0 Å². The molecule has 0 saturated heterocycles. The maximum atomic E-state index is 12.8. The number of hydrogen-bond acceptors (Lipinski definition) is 3. The van der Waals surface area contributed by atoms with E-state index in [-0.39, 0.29) is 31.0 Å². The fourth-order valence-electron chi connectivity index (χ4n) is 3.39. The standard InChI is InChI=1S/C22H19F3N4O2/c1-13-2-7-17-16(10-13)19-20(28-17)21(31)29(12-27-19)9-8-18(30)26-11-14-3-5-15(6-4-14)22(23,24)25/h2-7,10,12,28H,8-9,11H2,1H3,(H,26,30). The SMILES string of the molecule is Cc1ccc2[nH]c3c(=O)n(CCC(=O)NCc4ccc(C(F)(F)F)cc4)cnc3c2c1. The van der Waals surface area contributed by atoms with E-state index in [0.717, 1.165) is 28.6 Å². The molecular formula is C22H19F3N4O2. The van der Waals surface area contributed by atoms with Gasteiger partial charge in [-0.15, -0.1) is 0 Å². The van der Waals surface area contributed by atoms with Crippen LogP contribution in [0.25, 0.3) is 21.9 Å². The summed E-state index contributed by atoms with van der Waals surface area (Å²) in [6.45, 7) is 2.20. The molecule has 31 heavy (non-hydrogen) atoms. The molecule has 0 radical (unpaired) electrons. The molecule has 0 aliphatic carbocycles. The zero-order valence-corrected chi connectivity index (χ0v) is 16.6. The highest BCUT2D eigenvalue weighted by molar-refractivity contribution is 6.04. The van der Waals surface area contributed by atoms with Gasteiger partial charge >= 0.3 is 6.18 Å². The molecule has 4 aromatic rings. The van der Waals surface area contributed by atoms with Crippen molar-refractivity contribution in [1.29, 1.82) is 0 Å². The molecule has 0 unspecified atom stereocenters. The quantitative estimate of drug-likeness (QED) is 0.506. The van der Waals surface area contributed by atoms with Gasteiger partial charge in [0.15, 0.2) is 0 Å². The zero-order valence-electron chi connectivity index (χ0n) is 16.6. The van der Waals surface area contributed by atoms with Crippen LogP contribution in [0.2, 0.25) is 0 Å². The van der Waals surface area contributed by atoms with Gasteiger partial charge in [0.05, 0.1) is 11.9 Å². The minimum Gasteiger partial charge on any atom is -0.352 e. The number of aromatic nitrogens is 3. The highest BCUT2D eigenvalue weighted by Gasteiger charge is 2.29. The molecule has 0 bridgehead atoms. The number of nitrogens with one attached hydrogen (secondary N) is 2. The smallest absolute Gasteiger partial charge is 0.352 e. The van der Waals surface area contributed by atoms with Crippen molar-refractivity contribution in [2.75, 3.05) is 0 Å². The van der Waals surface area contributed by atoms with Crippen LogP contribution in [0.1, 0.15) is 23.1 Å². The number of fused-ring (bicyclic) bond motifs is 3. The normalized spacial score (nSPS) is 11.9. The summed E-state index contributed by atoms with van der Waals surface area (Å²) in [7, 11) is 0. The number of benzene rings is 2. The number of rotatable bonds is 5. The predicted molar refractivity (Wildman–Crippen MR) is 111 cm³/mol. The molecule has 0 aliphatic heterocycles. The maximum Gasteiger partial charge on any atom is 0.416 e. The molecule has 0 fully saturated rings. The Morgan fingerprint density at radius 2 is 1.90 bits per heavy atom. The van der Waals surface area contributed by atoms with Gasteiger partial charge in [0, 0.05) is 30.4 Å². The predicted octanol–water partition coefficient (Wildman–Crippen LogP) is 3.91.